The fourth-order valence-corrected chi connectivity index (χ4v) is 9.12. The summed E-state index contributed by atoms with van der Waals surface area (Å²) in [5.74, 6) is -4.49. The highest BCUT2D eigenvalue weighted by Crippen LogP contribution is 2.25. The number of hydrogen-bond acceptors (Lipinski definition) is 16. The number of ketones is 4. The van der Waals surface area contributed by atoms with E-state index in [9.17, 15) is 38.4 Å². The number of guanidine groups is 4. The van der Waals surface area contributed by atoms with Crippen molar-refractivity contribution < 1.29 is 52.6 Å². The lowest BCUT2D eigenvalue weighted by Gasteiger charge is -2.21. The maximum Gasteiger partial charge on any atom is 0.255 e. The lowest BCUT2D eigenvalue weighted by Crippen LogP contribution is -2.42. The summed E-state index contributed by atoms with van der Waals surface area (Å²) >= 11 is 0. The van der Waals surface area contributed by atoms with Gasteiger partial charge >= 0.3 is 0 Å². The molecule has 28 heteroatoms. The Labute approximate surface area is 504 Å². The molecule has 87 heavy (non-hydrogen) atoms. The van der Waals surface area contributed by atoms with Gasteiger partial charge in [-0.1, -0.05) is 30.3 Å². The third kappa shape index (κ3) is 23.5. The van der Waals surface area contributed by atoms with E-state index in [1.165, 1.54) is 57.7 Å². The van der Waals surface area contributed by atoms with Gasteiger partial charge in [0.15, 0.2) is 47.0 Å². The number of ether oxygens (including phenoxy) is 3. The molecule has 28 nitrogen and oxygen atoms in total. The Morgan fingerprint density at radius 1 is 0.402 bits per heavy atom. The van der Waals surface area contributed by atoms with Crippen molar-refractivity contribution in [3.8, 4) is 17.2 Å². The predicted molar refractivity (Wildman–Crippen MR) is 330 cm³/mol. The van der Waals surface area contributed by atoms with Gasteiger partial charge in [0.2, 0.25) is 0 Å². The van der Waals surface area contributed by atoms with Crippen molar-refractivity contribution >= 4 is 70.6 Å². The maximum absolute atomic E-state index is 14.4. The summed E-state index contributed by atoms with van der Waals surface area (Å²) in [5, 5.41) is 8.43. The van der Waals surface area contributed by atoms with E-state index in [0.717, 1.165) is 0 Å². The van der Waals surface area contributed by atoms with Gasteiger partial charge in [-0.15, -0.1) is 0 Å². The largest absolute Gasteiger partial charge is 0.496 e. The Hall–Kier alpha value is -10.1. The van der Waals surface area contributed by atoms with Crippen LogP contribution in [0, 0.1) is 0 Å². The smallest absolute Gasteiger partial charge is 0.255 e. The quantitative estimate of drug-likeness (QED) is 0.0148. The second-order valence-electron chi connectivity index (χ2n) is 20.2. The number of carbonyl (C=O) groups is 8. The van der Waals surface area contributed by atoms with Gasteiger partial charge in [-0.05, 0) is 122 Å². The molecule has 4 amide bonds. The van der Waals surface area contributed by atoms with Crippen molar-refractivity contribution in [1.29, 1.82) is 0 Å². The van der Waals surface area contributed by atoms with Crippen molar-refractivity contribution in [1.82, 2.24) is 16.0 Å². The van der Waals surface area contributed by atoms with Crippen molar-refractivity contribution in [2.75, 3.05) is 47.5 Å². The van der Waals surface area contributed by atoms with E-state index in [-0.39, 0.29) is 147 Å². The zero-order valence-electron chi connectivity index (χ0n) is 49.2. The molecule has 0 spiro atoms. The number of nitrogens with two attached hydrogens (primary N) is 10. The van der Waals surface area contributed by atoms with Crippen LogP contribution in [0.4, 0.5) is 0 Å². The number of aliphatic imine (C=N–C) groups is 4. The monoisotopic (exact) mass is 1200 g/mol. The summed E-state index contributed by atoms with van der Waals surface area (Å²) in [4.78, 5) is 126. The van der Waals surface area contributed by atoms with Crippen molar-refractivity contribution in [2.24, 2.45) is 77.3 Å². The number of benzene rings is 4. The van der Waals surface area contributed by atoms with Crippen LogP contribution >= 0.6 is 0 Å². The maximum atomic E-state index is 14.4. The summed E-state index contributed by atoms with van der Waals surface area (Å²) < 4.78 is 16.3. The normalized spacial score (nSPS) is 12.1. The molecule has 0 aliphatic rings. The van der Waals surface area contributed by atoms with Crippen LogP contribution in [0.15, 0.2) is 98.8 Å². The van der Waals surface area contributed by atoms with Crippen LogP contribution < -0.4 is 87.5 Å². The Bertz CT molecular complexity index is 3200. The van der Waals surface area contributed by atoms with E-state index < -0.39 is 65.1 Å². The lowest BCUT2D eigenvalue weighted by molar-refractivity contribution is -0.121. The molecule has 0 radical (unpaired) electrons. The van der Waals surface area contributed by atoms with Gasteiger partial charge < -0.3 is 87.5 Å². The van der Waals surface area contributed by atoms with Crippen molar-refractivity contribution in [3.63, 3.8) is 0 Å². The second-order valence-corrected chi connectivity index (χ2v) is 20.2. The molecule has 23 N–H and O–H groups in total. The molecule has 0 unspecified atom stereocenters. The fourth-order valence-electron chi connectivity index (χ4n) is 9.12. The van der Waals surface area contributed by atoms with Gasteiger partial charge in [0.1, 0.15) is 17.2 Å². The Morgan fingerprint density at radius 3 is 1.08 bits per heavy atom. The molecule has 0 fully saturated rings. The summed E-state index contributed by atoms with van der Waals surface area (Å²) in [6.45, 7) is 0.730. The van der Waals surface area contributed by atoms with Crippen LogP contribution in [0.2, 0.25) is 0 Å². The summed E-state index contributed by atoms with van der Waals surface area (Å²) in [6, 6.07) is 15.8. The number of amides is 4. The molecule has 4 aromatic carbocycles. The first-order chi connectivity index (χ1) is 41.4. The second kappa shape index (κ2) is 35.2. The average molecular weight is 1200 g/mol. The first-order valence-corrected chi connectivity index (χ1v) is 27.8. The number of carbonyl (C=O) groups excluding carboxylic acids is 8. The van der Waals surface area contributed by atoms with Crippen molar-refractivity contribution in [3.05, 3.63) is 123 Å². The van der Waals surface area contributed by atoms with E-state index in [1.807, 2.05) is 0 Å². The molecule has 4 rings (SSSR count). The van der Waals surface area contributed by atoms with Crippen LogP contribution in [0.1, 0.15) is 115 Å². The molecule has 0 aliphatic carbocycles. The lowest BCUT2D eigenvalue weighted by atomic mass is 9.96. The number of rotatable bonds is 38. The minimum Gasteiger partial charge on any atom is -0.496 e. The molecule has 0 bridgehead atoms. The molecular weight excluding hydrogens is 1120 g/mol. The highest BCUT2D eigenvalue weighted by molar-refractivity contribution is 6.03. The number of hydrogen-bond donors (Lipinski definition) is 13. The first-order valence-electron chi connectivity index (χ1n) is 27.8. The number of nitrogens with zero attached hydrogens (tertiary/aromatic N) is 4. The standard InChI is InChI=1S/C59H81N17O11/c1-85-49-18-15-34(26-38(49)52(61)81)30-47(79)43(13-7-23-72-58(66)67)75-54(83)40-28-36(17-20-51(40)87-3)32-48(80)44(14-8-24-73-59(68)69)76-55(84)39-27-35(16-19-50(39)86-2)31-46(78)42(12-6-22-71-57(64)65)74-53(82)37-10-4-9-33(25-37)29-45(77)41(60)11-5-21-70-56(62)63/h4,9-10,15-20,25-28,41-44H,5-8,11-14,21-24,29-32,60H2,1-3H3,(H2,61,81)(H,74,82)(H,75,83)(H,76,84)(H4,62,63,70)(H4,64,65,71)(H4,66,67,72)(H4,68,69,73)/t41-,42-,43-,44-/m1/s1. The van der Waals surface area contributed by atoms with Crippen LogP contribution in [-0.4, -0.2) is 142 Å². The molecule has 468 valence electrons. The third-order valence-corrected chi connectivity index (χ3v) is 13.5. The Balaban J connectivity index is 1.58. The highest BCUT2D eigenvalue weighted by atomic mass is 16.5. The molecule has 0 heterocycles. The fraction of sp³-hybridized carbons (Fsp3) is 0.390. The van der Waals surface area contributed by atoms with E-state index in [4.69, 9.17) is 71.5 Å². The molecular formula is C59H81N17O11. The molecule has 4 aromatic rings. The summed E-state index contributed by atoms with van der Waals surface area (Å²) in [6.07, 6.45) is 1.11. The summed E-state index contributed by atoms with van der Waals surface area (Å²) in [5.41, 5.74) is 57.6. The first kappa shape index (κ1) is 69.4. The van der Waals surface area contributed by atoms with E-state index >= 15 is 0 Å². The number of nitrogens with one attached hydrogen (secondary N) is 3. The molecule has 0 aliphatic heterocycles. The van der Waals surface area contributed by atoms with Crippen LogP contribution in [-0.2, 0) is 44.9 Å². The van der Waals surface area contributed by atoms with Crippen molar-refractivity contribution in [2.45, 2.75) is 101 Å². The minimum absolute atomic E-state index is 0.0155. The zero-order chi connectivity index (χ0) is 64.2. The Morgan fingerprint density at radius 2 is 0.724 bits per heavy atom. The van der Waals surface area contributed by atoms with Gasteiger partial charge in [0.05, 0.1) is 62.2 Å². The number of methoxy groups -OCH3 is 3. The van der Waals surface area contributed by atoms with Gasteiger partial charge in [-0.2, -0.15) is 0 Å². The zero-order valence-corrected chi connectivity index (χ0v) is 49.2. The molecule has 0 saturated heterocycles. The van der Waals surface area contributed by atoms with Gasteiger partial charge in [0, 0.05) is 57.4 Å². The third-order valence-electron chi connectivity index (χ3n) is 13.5. The van der Waals surface area contributed by atoms with Gasteiger partial charge in [-0.3, -0.25) is 58.3 Å². The average Bonchev–Trinajstić information content (AvgIpc) is 1.65. The highest BCUT2D eigenvalue weighted by Gasteiger charge is 2.28. The molecule has 0 saturated carbocycles. The molecule has 0 aromatic heterocycles. The Kier molecular flexibility index (Phi) is 28.1. The van der Waals surface area contributed by atoms with Gasteiger partial charge in [0.25, 0.3) is 23.6 Å². The minimum atomic E-state index is -1.17. The van der Waals surface area contributed by atoms with Crippen LogP contribution in [0.3, 0.4) is 0 Å². The topological polar surface area (TPSA) is 510 Å². The predicted octanol–water partition coefficient (Wildman–Crippen LogP) is -0.805. The molecule has 4 atom stereocenters. The van der Waals surface area contributed by atoms with E-state index in [0.29, 0.717) is 48.1 Å². The SMILES string of the molecule is COc1ccc(CC(=O)[C@@H](CCCN=C(N)N)NC(=O)c2cc(CC(=O)[C@@H](CCCN=C(N)N)NC(=O)c3cc(CC(=O)[C@@H](CCCN=C(N)N)NC(=O)c4cccc(CC(=O)[C@H](N)CCCN=C(N)N)c4)ccc3OC)ccc2OC)cc1C(N)=O. The van der Waals surface area contributed by atoms with E-state index in [2.05, 4.69) is 35.9 Å². The summed E-state index contributed by atoms with van der Waals surface area (Å²) in [7, 11) is 4.06. The van der Waals surface area contributed by atoms with Crippen LogP contribution in [0.5, 0.6) is 17.2 Å². The van der Waals surface area contributed by atoms with Crippen LogP contribution in [0.25, 0.3) is 0 Å². The van der Waals surface area contributed by atoms with E-state index in [1.54, 1.807) is 42.5 Å². The van der Waals surface area contributed by atoms with Gasteiger partial charge in [-0.25, -0.2) is 0 Å². The number of Topliss-reactive ketones (excluding diaryl/α,β-unsaturated/α-hetero) is 4. The number of primary amides is 1.